The Morgan fingerprint density at radius 1 is 0.976 bits per heavy atom. The van der Waals surface area contributed by atoms with Crippen molar-refractivity contribution in [1.82, 2.24) is 25.1 Å². The third-order valence-corrected chi connectivity index (χ3v) is 7.53. The van der Waals surface area contributed by atoms with Crippen LogP contribution < -0.4 is 20.3 Å². The molecule has 0 saturated carbocycles. The number of nitrogens with one attached hydrogen (secondary N) is 2. The van der Waals surface area contributed by atoms with Gasteiger partial charge in [-0.15, -0.1) is 0 Å². The van der Waals surface area contributed by atoms with Crippen LogP contribution >= 0.6 is 11.6 Å². The number of hydrogen-bond acceptors (Lipinski definition) is 8. The van der Waals surface area contributed by atoms with Gasteiger partial charge in [-0.2, -0.15) is 0 Å². The van der Waals surface area contributed by atoms with Crippen molar-refractivity contribution < 1.29 is 18.7 Å². The van der Waals surface area contributed by atoms with Crippen LogP contribution in [0, 0.1) is 5.82 Å². The van der Waals surface area contributed by atoms with Crippen molar-refractivity contribution in [1.29, 1.82) is 0 Å². The predicted octanol–water partition coefficient (Wildman–Crippen LogP) is 3.55. The fourth-order valence-electron chi connectivity index (χ4n) is 4.97. The van der Waals surface area contributed by atoms with Crippen LogP contribution in [0.5, 0.6) is 5.75 Å². The number of pyridine rings is 2. The highest BCUT2D eigenvalue weighted by molar-refractivity contribution is 6.30. The zero-order valence-corrected chi connectivity index (χ0v) is 23.7. The molecule has 1 aromatic carbocycles. The van der Waals surface area contributed by atoms with Crippen LogP contribution in [0.3, 0.4) is 0 Å². The van der Waals surface area contributed by atoms with E-state index in [1.807, 2.05) is 17.0 Å². The average Bonchev–Trinajstić information content (AvgIpc) is 3.00. The van der Waals surface area contributed by atoms with E-state index in [4.69, 9.17) is 16.3 Å². The summed E-state index contributed by atoms with van der Waals surface area (Å²) >= 11 is 6.10. The molecule has 0 aliphatic carbocycles. The second kappa shape index (κ2) is 13.2. The van der Waals surface area contributed by atoms with Gasteiger partial charge in [-0.3, -0.25) is 14.6 Å². The molecule has 4 heterocycles. The second-order valence-electron chi connectivity index (χ2n) is 9.97. The molecule has 216 valence electrons. The first kappa shape index (κ1) is 28.7. The van der Waals surface area contributed by atoms with E-state index in [1.54, 1.807) is 31.6 Å². The third-order valence-electron chi connectivity index (χ3n) is 7.29. The lowest BCUT2D eigenvalue weighted by molar-refractivity contribution is -0.121. The molecular formula is C29H33ClFN7O3. The molecule has 10 nitrogen and oxygen atoms in total. The molecule has 0 bridgehead atoms. The first-order valence-electron chi connectivity index (χ1n) is 13.7. The normalized spacial score (nSPS) is 15.6. The maximum Gasteiger partial charge on any atom is 0.226 e. The summed E-state index contributed by atoms with van der Waals surface area (Å²) < 4.78 is 20.3. The number of amides is 2. The van der Waals surface area contributed by atoms with Crippen molar-refractivity contribution in [3.63, 3.8) is 0 Å². The molecule has 0 radical (unpaired) electrons. The van der Waals surface area contributed by atoms with E-state index in [0.29, 0.717) is 60.4 Å². The number of carbonyl (C=O) groups excluding carboxylic acids is 2. The van der Waals surface area contributed by atoms with E-state index >= 15 is 0 Å². The molecular weight excluding hydrogens is 549 g/mol. The molecule has 1 saturated heterocycles. The van der Waals surface area contributed by atoms with Crippen LogP contribution in [-0.2, 0) is 9.59 Å². The fourth-order valence-corrected chi connectivity index (χ4v) is 5.14. The maximum absolute atomic E-state index is 14.5. The summed E-state index contributed by atoms with van der Waals surface area (Å²) in [6.07, 6.45) is 4.09. The maximum atomic E-state index is 14.5. The zero-order valence-electron chi connectivity index (χ0n) is 22.9. The molecule has 3 aromatic rings. The van der Waals surface area contributed by atoms with Gasteiger partial charge in [0.25, 0.3) is 0 Å². The first-order chi connectivity index (χ1) is 19.9. The quantitative estimate of drug-likeness (QED) is 0.396. The lowest BCUT2D eigenvalue weighted by Gasteiger charge is -2.34. The number of rotatable bonds is 9. The smallest absolute Gasteiger partial charge is 0.226 e. The van der Waals surface area contributed by atoms with Gasteiger partial charge in [-0.25, -0.2) is 9.37 Å². The van der Waals surface area contributed by atoms with Gasteiger partial charge in [0, 0.05) is 87.7 Å². The Kier molecular flexibility index (Phi) is 9.28. The minimum atomic E-state index is -0.415. The Balaban J connectivity index is 1.19. The van der Waals surface area contributed by atoms with Crippen molar-refractivity contribution in [2.24, 2.45) is 0 Å². The molecule has 2 aliphatic heterocycles. The lowest BCUT2D eigenvalue weighted by Crippen LogP contribution is -2.47. The first-order valence-corrected chi connectivity index (χ1v) is 14.0. The number of piperazine rings is 1. The fraction of sp³-hybridized carbons (Fsp3) is 0.379. The standard InChI is InChI=1S/C29H33ClFN7O3/c1-32-28(39)5-8-36-10-12-37(13-11-36)9-6-29(40)35-27-17-21(4-7-33-27)38-14-15-41-26-19-34-24(18-25(26)38)22-16-20(30)2-3-23(22)31/h2-4,7,16-19H,5-6,8-15H2,1H3,(H,32,39)(H,33,35,40). The summed E-state index contributed by atoms with van der Waals surface area (Å²) in [6, 6.07) is 9.82. The summed E-state index contributed by atoms with van der Waals surface area (Å²) in [5, 5.41) is 5.99. The van der Waals surface area contributed by atoms with Gasteiger partial charge in [0.15, 0.2) is 5.75 Å². The van der Waals surface area contributed by atoms with Crippen LogP contribution in [0.25, 0.3) is 11.3 Å². The molecule has 5 rings (SSSR count). The number of fused-ring (bicyclic) bond motifs is 1. The third kappa shape index (κ3) is 7.29. The summed E-state index contributed by atoms with van der Waals surface area (Å²) in [6.45, 7) is 5.89. The number of nitrogens with zero attached hydrogens (tertiary/aromatic N) is 5. The predicted molar refractivity (Wildman–Crippen MR) is 156 cm³/mol. The average molecular weight is 582 g/mol. The van der Waals surface area contributed by atoms with Crippen LogP contribution in [0.1, 0.15) is 12.8 Å². The van der Waals surface area contributed by atoms with E-state index in [1.165, 1.54) is 12.1 Å². The molecule has 2 N–H and O–H groups in total. The number of anilines is 3. The van der Waals surface area contributed by atoms with Crippen molar-refractivity contribution in [2.45, 2.75) is 12.8 Å². The van der Waals surface area contributed by atoms with Crippen LogP contribution in [-0.4, -0.2) is 91.0 Å². The molecule has 41 heavy (non-hydrogen) atoms. The molecule has 2 aromatic heterocycles. The Morgan fingerprint density at radius 2 is 1.71 bits per heavy atom. The van der Waals surface area contributed by atoms with E-state index in [0.717, 1.165) is 44.1 Å². The van der Waals surface area contributed by atoms with E-state index in [9.17, 15) is 14.0 Å². The van der Waals surface area contributed by atoms with Gasteiger partial charge in [0.05, 0.1) is 24.1 Å². The van der Waals surface area contributed by atoms with Crippen LogP contribution in [0.2, 0.25) is 5.02 Å². The summed E-state index contributed by atoms with van der Waals surface area (Å²) in [4.78, 5) is 39.5. The van der Waals surface area contributed by atoms with E-state index < -0.39 is 5.82 Å². The van der Waals surface area contributed by atoms with Crippen LogP contribution in [0.15, 0.2) is 48.8 Å². The highest BCUT2D eigenvalue weighted by atomic mass is 35.5. The Labute approximate surface area is 243 Å². The highest BCUT2D eigenvalue weighted by Gasteiger charge is 2.23. The molecule has 0 spiro atoms. The van der Waals surface area contributed by atoms with Crippen LogP contribution in [0.4, 0.5) is 21.6 Å². The topological polar surface area (TPSA) is 103 Å². The number of hydrogen-bond donors (Lipinski definition) is 2. The Morgan fingerprint density at radius 3 is 2.44 bits per heavy atom. The molecule has 12 heteroatoms. The van der Waals surface area contributed by atoms with Gasteiger partial charge in [-0.1, -0.05) is 11.6 Å². The summed E-state index contributed by atoms with van der Waals surface area (Å²) in [5.74, 6) is 0.562. The number of benzene rings is 1. The Bertz CT molecular complexity index is 1400. The zero-order chi connectivity index (χ0) is 28.8. The minimum absolute atomic E-state index is 0.0503. The van der Waals surface area contributed by atoms with Gasteiger partial charge in [0.1, 0.15) is 18.2 Å². The molecule has 1 fully saturated rings. The SMILES string of the molecule is CNC(=O)CCN1CCN(CCC(=O)Nc2cc(N3CCOc4cnc(-c5cc(Cl)ccc5F)cc43)ccn2)CC1. The van der Waals surface area contributed by atoms with Gasteiger partial charge in [0.2, 0.25) is 11.8 Å². The van der Waals surface area contributed by atoms with Crippen molar-refractivity contribution in [3.8, 4) is 17.0 Å². The molecule has 2 amide bonds. The summed E-state index contributed by atoms with van der Waals surface area (Å²) in [5.41, 5.74) is 2.29. The molecule has 2 aliphatic rings. The van der Waals surface area contributed by atoms with Crippen molar-refractivity contribution >= 4 is 40.6 Å². The van der Waals surface area contributed by atoms with Gasteiger partial charge in [-0.05, 0) is 30.3 Å². The monoisotopic (exact) mass is 581 g/mol. The number of aromatic nitrogens is 2. The molecule has 0 atom stereocenters. The minimum Gasteiger partial charge on any atom is -0.488 e. The van der Waals surface area contributed by atoms with Gasteiger partial charge >= 0.3 is 0 Å². The number of halogens is 2. The van der Waals surface area contributed by atoms with Crippen molar-refractivity contribution in [3.05, 3.63) is 59.6 Å². The molecule has 0 unspecified atom stereocenters. The Hall–Kier alpha value is -3.80. The lowest BCUT2D eigenvalue weighted by atomic mass is 10.1. The second-order valence-corrected chi connectivity index (χ2v) is 10.4. The largest absolute Gasteiger partial charge is 0.488 e. The van der Waals surface area contributed by atoms with Crippen molar-refractivity contribution in [2.75, 3.05) is 69.7 Å². The number of carbonyl (C=O) groups is 2. The van der Waals surface area contributed by atoms with E-state index in [2.05, 4.69) is 30.4 Å². The highest BCUT2D eigenvalue weighted by Crippen LogP contribution is 2.39. The van der Waals surface area contributed by atoms with Gasteiger partial charge < -0.3 is 30.1 Å². The summed E-state index contributed by atoms with van der Waals surface area (Å²) in [7, 11) is 1.65. The van der Waals surface area contributed by atoms with E-state index in [-0.39, 0.29) is 11.8 Å². The number of ether oxygens (including phenoxy) is 1.